The summed E-state index contributed by atoms with van der Waals surface area (Å²) in [5.74, 6) is -0.0434. The van der Waals surface area contributed by atoms with E-state index in [1.165, 1.54) is 28.0 Å². The van der Waals surface area contributed by atoms with Crippen molar-refractivity contribution in [3.63, 3.8) is 0 Å². The molecule has 1 amide bonds. The molecule has 1 heterocycles. The normalized spacial score (nSPS) is 11.1. The monoisotopic (exact) mass is 361 g/mol. The first kappa shape index (κ1) is 19.6. The van der Waals surface area contributed by atoms with Crippen LogP contribution in [0.4, 0.5) is 5.13 Å². The van der Waals surface area contributed by atoms with Crippen LogP contribution in [0.15, 0.2) is 17.5 Å². The number of benzene rings is 1. The van der Waals surface area contributed by atoms with Crippen LogP contribution in [0.3, 0.4) is 0 Å². The molecule has 2 rings (SSSR count). The predicted octanol–water partition coefficient (Wildman–Crippen LogP) is 3.64. The molecule has 0 aliphatic carbocycles. The van der Waals surface area contributed by atoms with Gasteiger partial charge in [-0.05, 0) is 45.4 Å². The zero-order chi connectivity index (χ0) is 18.4. The Morgan fingerprint density at radius 1 is 1.28 bits per heavy atom. The first-order valence-electron chi connectivity index (χ1n) is 8.41. The van der Waals surface area contributed by atoms with Crippen LogP contribution in [0.2, 0.25) is 0 Å². The number of anilines is 1. The van der Waals surface area contributed by atoms with Crippen molar-refractivity contribution in [2.24, 2.45) is 0 Å². The average Bonchev–Trinajstić information content (AvgIpc) is 2.94. The van der Waals surface area contributed by atoms with E-state index in [0.29, 0.717) is 18.3 Å². The Balaban J connectivity index is 1.99. The fraction of sp³-hybridized carbons (Fsp3) is 0.474. The molecular formula is C19H27N3O2S. The van der Waals surface area contributed by atoms with Gasteiger partial charge >= 0.3 is 0 Å². The number of likely N-dealkylation sites (N-methyl/N-ethyl adjacent to an activating group) is 1. The van der Waals surface area contributed by atoms with Crippen LogP contribution in [0.1, 0.15) is 23.1 Å². The number of rotatable bonds is 8. The lowest BCUT2D eigenvalue weighted by atomic mass is 9.98. The summed E-state index contributed by atoms with van der Waals surface area (Å²) in [6.45, 7) is 8.17. The summed E-state index contributed by atoms with van der Waals surface area (Å²) in [5, 5.41) is 5.55. The van der Waals surface area contributed by atoms with E-state index < -0.39 is 0 Å². The highest BCUT2D eigenvalue weighted by Gasteiger charge is 2.13. The van der Waals surface area contributed by atoms with Gasteiger partial charge in [-0.25, -0.2) is 4.98 Å². The number of nitrogens with zero attached hydrogens (tertiary/aromatic N) is 2. The topological polar surface area (TPSA) is 54.5 Å². The van der Waals surface area contributed by atoms with Crippen molar-refractivity contribution < 1.29 is 9.53 Å². The van der Waals surface area contributed by atoms with E-state index in [0.717, 1.165) is 24.2 Å². The van der Waals surface area contributed by atoms with Gasteiger partial charge in [0.15, 0.2) is 5.13 Å². The van der Waals surface area contributed by atoms with E-state index in [1.54, 1.807) is 7.11 Å². The van der Waals surface area contributed by atoms with Crippen molar-refractivity contribution in [2.45, 2.75) is 27.2 Å². The third-order valence-electron chi connectivity index (χ3n) is 3.99. The highest BCUT2D eigenvalue weighted by atomic mass is 32.1. The lowest BCUT2D eigenvalue weighted by molar-refractivity contribution is -0.117. The lowest BCUT2D eigenvalue weighted by Gasteiger charge is -2.15. The van der Waals surface area contributed by atoms with Crippen LogP contribution >= 0.6 is 11.3 Å². The van der Waals surface area contributed by atoms with Crippen LogP contribution in [0, 0.1) is 20.8 Å². The zero-order valence-corrected chi connectivity index (χ0v) is 16.5. The molecule has 0 bridgehead atoms. The SMILES string of the molecule is COCCCN(C)CC(=O)Nc1nc(-c2c(C)cc(C)cc2C)cs1. The molecule has 1 N–H and O–H groups in total. The molecule has 6 heteroatoms. The van der Waals surface area contributed by atoms with E-state index >= 15 is 0 Å². The highest BCUT2D eigenvalue weighted by molar-refractivity contribution is 7.14. The number of hydrogen-bond donors (Lipinski definition) is 1. The first-order valence-corrected chi connectivity index (χ1v) is 9.29. The number of methoxy groups -OCH3 is 1. The summed E-state index contributed by atoms with van der Waals surface area (Å²) in [6, 6.07) is 4.32. The summed E-state index contributed by atoms with van der Waals surface area (Å²) in [4.78, 5) is 18.7. The van der Waals surface area contributed by atoms with Gasteiger partial charge in [0, 0.05) is 31.2 Å². The number of ether oxygens (including phenoxy) is 1. The standard InChI is InChI=1S/C19H27N3O2S/c1-13-9-14(2)18(15(3)10-13)16-12-25-19(20-16)21-17(23)11-22(4)7-6-8-24-5/h9-10,12H,6-8,11H2,1-5H3,(H,20,21,23). The summed E-state index contributed by atoms with van der Waals surface area (Å²) < 4.78 is 5.03. The maximum atomic E-state index is 12.2. The second kappa shape index (κ2) is 9.08. The summed E-state index contributed by atoms with van der Waals surface area (Å²) in [7, 11) is 3.62. The number of aryl methyl sites for hydroxylation is 3. The largest absolute Gasteiger partial charge is 0.385 e. The minimum atomic E-state index is -0.0434. The van der Waals surface area contributed by atoms with Crippen LogP contribution in [-0.4, -0.2) is 49.6 Å². The van der Waals surface area contributed by atoms with Crippen LogP contribution in [-0.2, 0) is 9.53 Å². The Bertz CT molecular complexity index is 704. The summed E-state index contributed by atoms with van der Waals surface area (Å²) in [6.07, 6.45) is 0.910. The van der Waals surface area contributed by atoms with Crippen molar-refractivity contribution in [1.82, 2.24) is 9.88 Å². The van der Waals surface area contributed by atoms with Crippen molar-refractivity contribution in [3.05, 3.63) is 34.2 Å². The van der Waals surface area contributed by atoms with Gasteiger partial charge in [-0.2, -0.15) is 0 Å². The fourth-order valence-electron chi connectivity index (χ4n) is 2.99. The summed E-state index contributed by atoms with van der Waals surface area (Å²) >= 11 is 1.46. The number of carbonyl (C=O) groups is 1. The Kier molecular flexibility index (Phi) is 7.11. The molecule has 0 atom stereocenters. The molecule has 0 saturated heterocycles. The molecule has 136 valence electrons. The minimum Gasteiger partial charge on any atom is -0.385 e. The zero-order valence-electron chi connectivity index (χ0n) is 15.7. The van der Waals surface area contributed by atoms with Gasteiger partial charge in [0.1, 0.15) is 0 Å². The smallest absolute Gasteiger partial charge is 0.240 e. The molecule has 25 heavy (non-hydrogen) atoms. The van der Waals surface area contributed by atoms with Crippen LogP contribution < -0.4 is 5.32 Å². The maximum absolute atomic E-state index is 12.2. The van der Waals surface area contributed by atoms with E-state index in [4.69, 9.17) is 4.74 Å². The molecule has 0 fully saturated rings. The maximum Gasteiger partial charge on any atom is 0.240 e. The number of amides is 1. The van der Waals surface area contributed by atoms with Gasteiger partial charge in [-0.15, -0.1) is 11.3 Å². The van der Waals surface area contributed by atoms with Gasteiger partial charge in [-0.1, -0.05) is 17.7 Å². The number of carbonyl (C=O) groups excluding carboxylic acids is 1. The number of thiazole rings is 1. The van der Waals surface area contributed by atoms with Crippen molar-refractivity contribution in [3.8, 4) is 11.3 Å². The van der Waals surface area contributed by atoms with Crippen molar-refractivity contribution >= 4 is 22.4 Å². The van der Waals surface area contributed by atoms with Crippen molar-refractivity contribution in [1.29, 1.82) is 0 Å². The summed E-state index contributed by atoms with van der Waals surface area (Å²) in [5.41, 5.74) is 5.74. The predicted molar refractivity (Wildman–Crippen MR) is 104 cm³/mol. The van der Waals surface area contributed by atoms with Crippen LogP contribution in [0.25, 0.3) is 11.3 Å². The number of aromatic nitrogens is 1. The number of nitrogens with one attached hydrogen (secondary N) is 1. The third kappa shape index (κ3) is 5.63. The molecule has 5 nitrogen and oxygen atoms in total. The van der Waals surface area contributed by atoms with E-state index in [9.17, 15) is 4.79 Å². The van der Waals surface area contributed by atoms with Gasteiger partial charge in [0.2, 0.25) is 5.91 Å². The second-order valence-electron chi connectivity index (χ2n) is 6.44. The molecule has 1 aromatic heterocycles. The third-order valence-corrected chi connectivity index (χ3v) is 4.74. The fourth-order valence-corrected chi connectivity index (χ4v) is 3.71. The quantitative estimate of drug-likeness (QED) is 0.729. The first-order chi connectivity index (χ1) is 11.9. The van der Waals surface area contributed by atoms with Gasteiger partial charge < -0.3 is 10.1 Å². The van der Waals surface area contributed by atoms with Gasteiger partial charge in [-0.3, -0.25) is 9.69 Å². The molecule has 1 aromatic carbocycles. The molecule has 0 aliphatic heterocycles. The highest BCUT2D eigenvalue weighted by Crippen LogP contribution is 2.30. The van der Waals surface area contributed by atoms with Gasteiger partial charge in [0.05, 0.1) is 12.2 Å². The molecule has 0 aliphatic rings. The van der Waals surface area contributed by atoms with Crippen LogP contribution in [0.5, 0.6) is 0 Å². The number of hydrogen-bond acceptors (Lipinski definition) is 5. The minimum absolute atomic E-state index is 0.0434. The molecule has 0 spiro atoms. The molecule has 0 unspecified atom stereocenters. The Morgan fingerprint density at radius 3 is 2.60 bits per heavy atom. The average molecular weight is 362 g/mol. The van der Waals surface area contributed by atoms with E-state index in [2.05, 4.69) is 43.2 Å². The Labute approximate surface area is 154 Å². The van der Waals surface area contributed by atoms with E-state index in [-0.39, 0.29) is 5.91 Å². The van der Waals surface area contributed by atoms with E-state index in [1.807, 2.05) is 17.3 Å². The Hall–Kier alpha value is -1.76. The molecular weight excluding hydrogens is 334 g/mol. The van der Waals surface area contributed by atoms with Crippen molar-refractivity contribution in [2.75, 3.05) is 39.2 Å². The van der Waals surface area contributed by atoms with Gasteiger partial charge in [0.25, 0.3) is 0 Å². The molecule has 0 radical (unpaired) electrons. The second-order valence-corrected chi connectivity index (χ2v) is 7.30. The lowest BCUT2D eigenvalue weighted by Crippen LogP contribution is -2.31. The Morgan fingerprint density at radius 2 is 1.96 bits per heavy atom. The molecule has 0 saturated carbocycles. The molecule has 2 aromatic rings.